The Hall–Kier alpha value is -1.98. The molecule has 0 aromatic carbocycles. The number of aromatic amines is 1. The summed E-state index contributed by atoms with van der Waals surface area (Å²) < 4.78 is 5.01. The molecular formula is C11H14N4O2. The number of esters is 1. The van der Waals surface area contributed by atoms with Crippen LogP contribution in [0.15, 0.2) is 12.5 Å². The molecule has 0 saturated carbocycles. The first kappa shape index (κ1) is 11.5. The minimum Gasteiger partial charge on any atom is -0.465 e. The summed E-state index contributed by atoms with van der Waals surface area (Å²) in [7, 11) is 0. The Morgan fingerprint density at radius 1 is 1.53 bits per heavy atom. The van der Waals surface area contributed by atoms with Gasteiger partial charge in [-0.2, -0.15) is 0 Å². The van der Waals surface area contributed by atoms with E-state index >= 15 is 0 Å². The Kier molecular flexibility index (Phi) is 3.32. The molecule has 2 heterocycles. The van der Waals surface area contributed by atoms with Gasteiger partial charge in [-0.1, -0.05) is 6.92 Å². The molecule has 17 heavy (non-hydrogen) atoms. The van der Waals surface area contributed by atoms with Gasteiger partial charge in [-0.15, -0.1) is 0 Å². The van der Waals surface area contributed by atoms with Crippen molar-refractivity contribution < 1.29 is 9.53 Å². The number of ether oxygens (including phenoxy) is 1. The summed E-state index contributed by atoms with van der Waals surface area (Å²) in [4.78, 5) is 27.0. The molecule has 0 spiro atoms. The summed E-state index contributed by atoms with van der Waals surface area (Å²) in [6, 6.07) is 0. The average Bonchev–Trinajstić information content (AvgIpc) is 2.73. The number of nitrogens with one attached hydrogen (secondary N) is 1. The number of hydrogen-bond donors (Lipinski definition) is 1. The van der Waals surface area contributed by atoms with E-state index in [4.69, 9.17) is 4.74 Å². The second-order valence-corrected chi connectivity index (χ2v) is 3.59. The molecule has 0 radical (unpaired) electrons. The minimum absolute atomic E-state index is 0.262. The molecule has 2 aromatic heterocycles. The quantitative estimate of drug-likeness (QED) is 0.809. The van der Waals surface area contributed by atoms with Crippen LogP contribution in [0.3, 0.4) is 0 Å². The Balaban J connectivity index is 2.33. The maximum atomic E-state index is 11.7. The first-order chi connectivity index (χ1) is 8.26. The largest absolute Gasteiger partial charge is 0.465 e. The lowest BCUT2D eigenvalue weighted by atomic mass is 10.1. The number of H-pyrrole nitrogens is 1. The van der Waals surface area contributed by atoms with Crippen LogP contribution >= 0.6 is 0 Å². The topological polar surface area (TPSA) is 80.8 Å². The molecule has 2 rings (SSSR count). The molecule has 1 N–H and O–H groups in total. The zero-order valence-electron chi connectivity index (χ0n) is 9.80. The fourth-order valence-corrected chi connectivity index (χ4v) is 1.66. The standard InChI is InChI=1S/C11H14N4O2/c1-3-7(11(16)17-4-2)9-14-8-5-12-6-13-10(8)15-9/h5-7H,3-4H2,1-2H3,(H,12,13,14,15). The summed E-state index contributed by atoms with van der Waals surface area (Å²) in [5.41, 5.74) is 1.29. The molecule has 90 valence electrons. The van der Waals surface area contributed by atoms with E-state index in [-0.39, 0.29) is 11.9 Å². The third-order valence-corrected chi connectivity index (χ3v) is 2.49. The van der Waals surface area contributed by atoms with Gasteiger partial charge in [-0.05, 0) is 13.3 Å². The molecule has 0 aliphatic carbocycles. The van der Waals surface area contributed by atoms with E-state index in [2.05, 4.69) is 19.9 Å². The van der Waals surface area contributed by atoms with Crippen LogP contribution in [-0.4, -0.2) is 32.5 Å². The van der Waals surface area contributed by atoms with Gasteiger partial charge in [0.2, 0.25) is 0 Å². The summed E-state index contributed by atoms with van der Waals surface area (Å²) in [5.74, 6) is -0.0485. The minimum atomic E-state index is -0.371. The predicted molar refractivity (Wildman–Crippen MR) is 61.3 cm³/mol. The van der Waals surface area contributed by atoms with Gasteiger partial charge in [-0.3, -0.25) is 4.79 Å². The van der Waals surface area contributed by atoms with Crippen LogP contribution in [0.5, 0.6) is 0 Å². The van der Waals surface area contributed by atoms with Gasteiger partial charge in [0, 0.05) is 0 Å². The fraction of sp³-hybridized carbons (Fsp3) is 0.455. The molecule has 0 fully saturated rings. The predicted octanol–water partition coefficient (Wildman–Crippen LogP) is 1.41. The first-order valence-electron chi connectivity index (χ1n) is 5.58. The van der Waals surface area contributed by atoms with Crippen molar-refractivity contribution in [3.8, 4) is 0 Å². The van der Waals surface area contributed by atoms with Crippen molar-refractivity contribution in [1.82, 2.24) is 19.9 Å². The van der Waals surface area contributed by atoms with Crippen LogP contribution in [-0.2, 0) is 9.53 Å². The van der Waals surface area contributed by atoms with Crippen molar-refractivity contribution in [3.63, 3.8) is 0 Å². The van der Waals surface area contributed by atoms with E-state index in [1.54, 1.807) is 13.1 Å². The van der Waals surface area contributed by atoms with Gasteiger partial charge < -0.3 is 9.72 Å². The van der Waals surface area contributed by atoms with Crippen LogP contribution in [0.1, 0.15) is 32.0 Å². The molecule has 2 aromatic rings. The molecule has 1 atom stereocenters. The third-order valence-electron chi connectivity index (χ3n) is 2.49. The van der Waals surface area contributed by atoms with Gasteiger partial charge in [0.15, 0.2) is 5.65 Å². The molecule has 0 bridgehead atoms. The lowest BCUT2D eigenvalue weighted by Gasteiger charge is -2.10. The SMILES string of the molecule is CCOC(=O)C(CC)c1nc2ncncc2[nH]1. The highest BCUT2D eigenvalue weighted by atomic mass is 16.5. The summed E-state index contributed by atoms with van der Waals surface area (Å²) in [6.45, 7) is 4.07. The van der Waals surface area contributed by atoms with Crippen molar-refractivity contribution in [3.05, 3.63) is 18.3 Å². The van der Waals surface area contributed by atoms with Gasteiger partial charge >= 0.3 is 5.97 Å². The number of imidazole rings is 1. The molecule has 0 saturated heterocycles. The number of aromatic nitrogens is 4. The highest BCUT2D eigenvalue weighted by Gasteiger charge is 2.23. The van der Waals surface area contributed by atoms with Gasteiger partial charge in [-0.25, -0.2) is 15.0 Å². The van der Waals surface area contributed by atoms with Crippen molar-refractivity contribution in [2.75, 3.05) is 6.61 Å². The molecule has 6 heteroatoms. The van der Waals surface area contributed by atoms with Gasteiger partial charge in [0.1, 0.15) is 23.6 Å². The highest BCUT2D eigenvalue weighted by molar-refractivity contribution is 5.79. The molecule has 6 nitrogen and oxygen atoms in total. The molecule has 0 amide bonds. The number of rotatable bonds is 4. The monoisotopic (exact) mass is 234 g/mol. The van der Waals surface area contributed by atoms with Crippen LogP contribution in [0.4, 0.5) is 0 Å². The van der Waals surface area contributed by atoms with E-state index in [9.17, 15) is 4.79 Å². The van der Waals surface area contributed by atoms with Crippen LogP contribution in [0.2, 0.25) is 0 Å². The van der Waals surface area contributed by atoms with Crippen molar-refractivity contribution >= 4 is 17.1 Å². The zero-order valence-corrected chi connectivity index (χ0v) is 9.80. The molecular weight excluding hydrogens is 220 g/mol. The van der Waals surface area contributed by atoms with E-state index in [1.165, 1.54) is 6.33 Å². The Bertz CT molecular complexity index is 490. The normalized spacial score (nSPS) is 12.6. The lowest BCUT2D eigenvalue weighted by Crippen LogP contribution is -2.16. The Labute approximate surface area is 98.4 Å². The smallest absolute Gasteiger partial charge is 0.316 e. The number of carbonyl (C=O) groups is 1. The second kappa shape index (κ2) is 4.90. The summed E-state index contributed by atoms with van der Waals surface area (Å²) in [5, 5.41) is 0. The van der Waals surface area contributed by atoms with Crippen LogP contribution < -0.4 is 0 Å². The van der Waals surface area contributed by atoms with Crippen molar-refractivity contribution in [1.29, 1.82) is 0 Å². The molecule has 0 aliphatic heterocycles. The fourth-order valence-electron chi connectivity index (χ4n) is 1.66. The average molecular weight is 234 g/mol. The zero-order chi connectivity index (χ0) is 12.3. The number of nitrogens with zero attached hydrogens (tertiary/aromatic N) is 3. The maximum Gasteiger partial charge on any atom is 0.316 e. The second-order valence-electron chi connectivity index (χ2n) is 3.59. The summed E-state index contributed by atoms with van der Waals surface area (Å²) >= 11 is 0. The van der Waals surface area contributed by atoms with E-state index in [0.717, 1.165) is 5.52 Å². The van der Waals surface area contributed by atoms with Gasteiger partial charge in [0.25, 0.3) is 0 Å². The van der Waals surface area contributed by atoms with Crippen molar-refractivity contribution in [2.45, 2.75) is 26.2 Å². The van der Waals surface area contributed by atoms with Gasteiger partial charge in [0.05, 0.1) is 12.8 Å². The van der Waals surface area contributed by atoms with Crippen molar-refractivity contribution in [2.24, 2.45) is 0 Å². The van der Waals surface area contributed by atoms with E-state index < -0.39 is 0 Å². The van der Waals surface area contributed by atoms with E-state index in [0.29, 0.717) is 24.5 Å². The number of fused-ring (bicyclic) bond motifs is 1. The lowest BCUT2D eigenvalue weighted by molar-refractivity contribution is -0.145. The molecule has 0 aliphatic rings. The Morgan fingerprint density at radius 3 is 3.00 bits per heavy atom. The number of hydrogen-bond acceptors (Lipinski definition) is 5. The molecule has 1 unspecified atom stereocenters. The van der Waals surface area contributed by atoms with Crippen LogP contribution in [0, 0.1) is 0 Å². The Morgan fingerprint density at radius 2 is 2.35 bits per heavy atom. The number of carbonyl (C=O) groups excluding carboxylic acids is 1. The third kappa shape index (κ3) is 2.25. The first-order valence-corrected chi connectivity index (χ1v) is 5.58. The maximum absolute atomic E-state index is 11.7. The summed E-state index contributed by atoms with van der Waals surface area (Å²) in [6.07, 6.45) is 3.70. The van der Waals surface area contributed by atoms with E-state index in [1.807, 2.05) is 6.92 Å². The van der Waals surface area contributed by atoms with Crippen LogP contribution in [0.25, 0.3) is 11.2 Å². The highest BCUT2D eigenvalue weighted by Crippen LogP contribution is 2.20.